The zero-order valence-corrected chi connectivity index (χ0v) is 24.2. The molecule has 40 heavy (non-hydrogen) atoms. The number of piperidine rings is 2. The summed E-state index contributed by atoms with van der Waals surface area (Å²) in [6.07, 6.45) is 5.33. The fourth-order valence-corrected chi connectivity index (χ4v) is 6.28. The Morgan fingerprint density at radius 3 is 2.33 bits per heavy atom. The lowest BCUT2D eigenvalue weighted by molar-refractivity contribution is 0.102. The van der Waals surface area contributed by atoms with E-state index < -0.39 is 27.5 Å². The predicted octanol–water partition coefficient (Wildman–Crippen LogP) is 3.87. The summed E-state index contributed by atoms with van der Waals surface area (Å²) in [7, 11) is -3.79. The van der Waals surface area contributed by atoms with Gasteiger partial charge in [-0.2, -0.15) is 4.98 Å². The molecule has 0 unspecified atom stereocenters. The van der Waals surface area contributed by atoms with Crippen molar-refractivity contribution in [2.45, 2.75) is 70.2 Å². The Kier molecular flexibility index (Phi) is 7.68. The Labute approximate surface area is 235 Å². The standard InChI is InChI=1S/C28H39FN6O4S/c1-19-16-24(32-26(30-19)35-12-8-27(3,29)9-13-35)31-25(37)22-5-4-21(33-40(38,39)20(2)18-36)17-23(22)34-14-10-28(6-7-28)11-15-34/h4-5,16-17,20,33,36H,6-15,18H2,1-3H3,(H,30,31,32,37)/t20-/m1/s1. The van der Waals surface area contributed by atoms with Crippen LogP contribution in [0.2, 0.25) is 0 Å². The van der Waals surface area contributed by atoms with Crippen LogP contribution in [-0.2, 0) is 10.0 Å². The molecule has 1 aromatic carbocycles. The maximum absolute atomic E-state index is 14.3. The Morgan fingerprint density at radius 1 is 1.05 bits per heavy atom. The second-order valence-corrected chi connectivity index (χ2v) is 14.0. The second-order valence-electron chi connectivity index (χ2n) is 11.9. The molecule has 3 aliphatic rings. The van der Waals surface area contributed by atoms with E-state index in [2.05, 4.69) is 24.9 Å². The van der Waals surface area contributed by atoms with E-state index in [0.29, 0.717) is 65.7 Å². The number of aliphatic hydroxyl groups is 1. The lowest BCUT2D eigenvalue weighted by Gasteiger charge is -2.35. The number of anilines is 4. The summed E-state index contributed by atoms with van der Waals surface area (Å²) in [5.41, 5.74) is 1.31. The van der Waals surface area contributed by atoms with Gasteiger partial charge in [0.15, 0.2) is 0 Å². The molecule has 2 aliphatic heterocycles. The number of hydrogen-bond acceptors (Lipinski definition) is 8. The number of aromatic nitrogens is 2. The van der Waals surface area contributed by atoms with Gasteiger partial charge in [0.05, 0.1) is 23.5 Å². The Bertz CT molecular complexity index is 1360. The van der Waals surface area contributed by atoms with E-state index in [1.807, 2.05) is 11.8 Å². The van der Waals surface area contributed by atoms with Crippen LogP contribution in [0.1, 0.15) is 68.4 Å². The van der Waals surface area contributed by atoms with Gasteiger partial charge >= 0.3 is 0 Å². The third-order valence-electron chi connectivity index (χ3n) is 8.58. The van der Waals surface area contributed by atoms with Crippen molar-refractivity contribution in [3.05, 3.63) is 35.5 Å². The molecule has 3 N–H and O–H groups in total. The van der Waals surface area contributed by atoms with E-state index in [9.17, 15) is 22.7 Å². The maximum Gasteiger partial charge on any atom is 0.258 e. The third-order valence-corrected chi connectivity index (χ3v) is 10.3. The summed E-state index contributed by atoms with van der Waals surface area (Å²) >= 11 is 0. The molecule has 1 aromatic heterocycles. The van der Waals surface area contributed by atoms with Crippen molar-refractivity contribution in [1.82, 2.24) is 9.97 Å². The Morgan fingerprint density at radius 2 is 1.70 bits per heavy atom. The Balaban J connectivity index is 1.39. The topological polar surface area (TPSA) is 128 Å². The van der Waals surface area contributed by atoms with Crippen molar-refractivity contribution in [3.63, 3.8) is 0 Å². The molecule has 10 nitrogen and oxygen atoms in total. The molecule has 5 rings (SSSR count). The SMILES string of the molecule is Cc1cc(NC(=O)c2ccc(NS(=O)(=O)[C@H](C)CO)cc2N2CCC3(CC2)CC3)nc(N2CCC(C)(F)CC2)n1. The maximum atomic E-state index is 14.3. The molecule has 1 spiro atoms. The number of nitrogens with one attached hydrogen (secondary N) is 2. The highest BCUT2D eigenvalue weighted by Gasteiger charge is 2.44. The monoisotopic (exact) mass is 574 g/mol. The van der Waals surface area contributed by atoms with E-state index in [1.165, 1.54) is 19.8 Å². The molecular weight excluding hydrogens is 535 g/mol. The van der Waals surface area contributed by atoms with Crippen molar-refractivity contribution < 1.29 is 22.7 Å². The van der Waals surface area contributed by atoms with Gasteiger partial charge in [0.2, 0.25) is 16.0 Å². The van der Waals surface area contributed by atoms with Gasteiger partial charge in [-0.1, -0.05) is 0 Å². The summed E-state index contributed by atoms with van der Waals surface area (Å²) in [6, 6.07) is 6.57. The molecule has 1 aliphatic carbocycles. The number of nitrogens with zero attached hydrogens (tertiary/aromatic N) is 4. The van der Waals surface area contributed by atoms with Gasteiger partial charge in [0.25, 0.3) is 5.91 Å². The number of amides is 1. The Hall–Kier alpha value is -2.99. The van der Waals surface area contributed by atoms with Crippen molar-refractivity contribution in [3.8, 4) is 0 Å². The molecular formula is C28H39FN6O4S. The summed E-state index contributed by atoms with van der Waals surface area (Å²) in [4.78, 5) is 26.8. The molecule has 1 saturated carbocycles. The summed E-state index contributed by atoms with van der Waals surface area (Å²) < 4.78 is 42.1. The first-order valence-corrected chi connectivity index (χ1v) is 15.6. The number of aryl methyl sites for hydroxylation is 1. The van der Waals surface area contributed by atoms with Crippen LogP contribution in [0.5, 0.6) is 0 Å². The number of carbonyl (C=O) groups excluding carboxylic acids is 1. The molecule has 3 fully saturated rings. The molecule has 1 atom stereocenters. The first-order chi connectivity index (χ1) is 18.9. The van der Waals surface area contributed by atoms with Crippen LogP contribution in [0.15, 0.2) is 24.3 Å². The van der Waals surface area contributed by atoms with Crippen LogP contribution in [0.25, 0.3) is 0 Å². The minimum atomic E-state index is -3.79. The van der Waals surface area contributed by atoms with Crippen LogP contribution in [-0.4, -0.2) is 73.1 Å². The van der Waals surface area contributed by atoms with Gasteiger partial charge in [0, 0.05) is 37.9 Å². The first-order valence-electron chi connectivity index (χ1n) is 14.0. The van der Waals surface area contributed by atoms with Gasteiger partial charge in [-0.25, -0.2) is 17.8 Å². The second kappa shape index (κ2) is 10.8. The summed E-state index contributed by atoms with van der Waals surface area (Å²) in [6.45, 7) is 6.93. The number of carbonyl (C=O) groups is 1. The van der Waals surface area contributed by atoms with Crippen LogP contribution in [0, 0.1) is 12.3 Å². The predicted molar refractivity (Wildman–Crippen MR) is 154 cm³/mol. The molecule has 0 bridgehead atoms. The molecule has 1 amide bonds. The van der Waals surface area contributed by atoms with Gasteiger partial charge in [-0.3, -0.25) is 9.52 Å². The number of halogens is 1. The number of hydrogen-bond donors (Lipinski definition) is 3. The van der Waals surface area contributed by atoms with Gasteiger partial charge in [-0.05, 0) is 82.9 Å². The largest absolute Gasteiger partial charge is 0.395 e. The van der Waals surface area contributed by atoms with Gasteiger partial charge in [-0.15, -0.1) is 0 Å². The number of sulfonamides is 1. The fourth-order valence-electron chi connectivity index (χ4n) is 5.43. The summed E-state index contributed by atoms with van der Waals surface area (Å²) in [5.74, 6) is 0.447. The van der Waals surface area contributed by atoms with Crippen LogP contribution in [0.3, 0.4) is 0 Å². The quantitative estimate of drug-likeness (QED) is 0.434. The zero-order valence-electron chi connectivity index (χ0n) is 23.4. The van der Waals surface area contributed by atoms with Crippen molar-refractivity contribution >= 4 is 39.1 Å². The lowest BCUT2D eigenvalue weighted by atomic mass is 9.93. The third kappa shape index (κ3) is 6.33. The minimum absolute atomic E-state index is 0.337. The van der Waals surface area contributed by atoms with E-state index in [0.717, 1.165) is 25.9 Å². The zero-order chi connectivity index (χ0) is 28.7. The minimum Gasteiger partial charge on any atom is -0.395 e. The van der Waals surface area contributed by atoms with Gasteiger partial charge in [0.1, 0.15) is 16.7 Å². The molecule has 2 saturated heterocycles. The van der Waals surface area contributed by atoms with Crippen LogP contribution >= 0.6 is 0 Å². The van der Waals surface area contributed by atoms with E-state index in [1.54, 1.807) is 31.2 Å². The molecule has 12 heteroatoms. The van der Waals surface area contributed by atoms with E-state index in [4.69, 9.17) is 0 Å². The molecule has 218 valence electrons. The fraction of sp³-hybridized carbons (Fsp3) is 0.607. The number of rotatable bonds is 8. The summed E-state index contributed by atoms with van der Waals surface area (Å²) in [5, 5.41) is 11.3. The van der Waals surface area contributed by atoms with Crippen LogP contribution in [0.4, 0.5) is 27.5 Å². The normalized spacial score (nSPS) is 20.7. The molecule has 2 aromatic rings. The first kappa shape index (κ1) is 28.5. The molecule has 3 heterocycles. The number of aliphatic hydroxyl groups excluding tert-OH is 1. The van der Waals surface area contributed by atoms with Crippen LogP contribution < -0.4 is 19.8 Å². The van der Waals surface area contributed by atoms with Crippen molar-refractivity contribution in [1.29, 1.82) is 0 Å². The lowest BCUT2D eigenvalue weighted by Crippen LogP contribution is -2.41. The smallest absolute Gasteiger partial charge is 0.258 e. The highest BCUT2D eigenvalue weighted by atomic mass is 32.2. The molecule has 0 radical (unpaired) electrons. The van der Waals surface area contributed by atoms with E-state index >= 15 is 0 Å². The average Bonchev–Trinajstić information content (AvgIpc) is 3.66. The number of benzene rings is 1. The average molecular weight is 575 g/mol. The van der Waals surface area contributed by atoms with Crippen molar-refractivity contribution in [2.75, 3.05) is 52.6 Å². The van der Waals surface area contributed by atoms with Crippen molar-refractivity contribution in [2.24, 2.45) is 5.41 Å². The highest BCUT2D eigenvalue weighted by molar-refractivity contribution is 7.93. The number of alkyl halides is 1. The van der Waals surface area contributed by atoms with Gasteiger partial charge < -0.3 is 20.2 Å². The van der Waals surface area contributed by atoms with E-state index in [-0.39, 0.29) is 5.91 Å². The highest BCUT2D eigenvalue weighted by Crippen LogP contribution is 2.54.